The van der Waals surface area contributed by atoms with Crippen molar-refractivity contribution in [3.63, 3.8) is 0 Å². The SMILES string of the molecule is COc1ccc(OC)c(NC(=O)C(Sc2cccc(NC(=O)COc3ccccc3)c2)c2ccccc2)c1. The van der Waals surface area contributed by atoms with E-state index in [1.165, 1.54) is 11.8 Å². The Morgan fingerprint density at radius 3 is 2.21 bits per heavy atom. The van der Waals surface area contributed by atoms with Gasteiger partial charge in [0, 0.05) is 16.6 Å². The molecule has 0 heterocycles. The molecule has 0 aliphatic rings. The highest BCUT2D eigenvalue weighted by Gasteiger charge is 2.23. The molecule has 4 aromatic rings. The van der Waals surface area contributed by atoms with Gasteiger partial charge in [0.05, 0.1) is 19.9 Å². The number of para-hydroxylation sites is 1. The van der Waals surface area contributed by atoms with E-state index >= 15 is 0 Å². The van der Waals surface area contributed by atoms with Gasteiger partial charge < -0.3 is 24.8 Å². The molecule has 0 radical (unpaired) electrons. The minimum absolute atomic E-state index is 0.112. The summed E-state index contributed by atoms with van der Waals surface area (Å²) in [5.74, 6) is 1.25. The number of hydrogen-bond donors (Lipinski definition) is 2. The summed E-state index contributed by atoms with van der Waals surface area (Å²) in [6.07, 6.45) is 0. The van der Waals surface area contributed by atoms with E-state index in [1.54, 1.807) is 50.6 Å². The molecule has 0 fully saturated rings. The highest BCUT2D eigenvalue weighted by Crippen LogP contribution is 2.38. The molecule has 0 saturated carbocycles. The Bertz CT molecular complexity index is 1370. The number of rotatable bonds is 11. The molecule has 4 rings (SSSR count). The van der Waals surface area contributed by atoms with E-state index in [-0.39, 0.29) is 18.4 Å². The van der Waals surface area contributed by atoms with Crippen LogP contribution >= 0.6 is 11.8 Å². The Balaban J connectivity index is 1.49. The summed E-state index contributed by atoms with van der Waals surface area (Å²) in [6, 6.07) is 31.3. The average Bonchev–Trinajstić information content (AvgIpc) is 2.96. The maximum Gasteiger partial charge on any atom is 0.262 e. The van der Waals surface area contributed by atoms with Crippen molar-refractivity contribution in [3.05, 3.63) is 109 Å². The fourth-order valence-electron chi connectivity index (χ4n) is 3.66. The Labute approximate surface area is 226 Å². The third kappa shape index (κ3) is 7.30. The molecular formula is C30H28N2O5S. The first-order valence-electron chi connectivity index (χ1n) is 11.9. The summed E-state index contributed by atoms with van der Waals surface area (Å²) in [5, 5.41) is 5.27. The van der Waals surface area contributed by atoms with Crippen molar-refractivity contribution >= 4 is 35.0 Å². The standard InChI is InChI=1S/C30H28N2O5S/c1-35-24-16-17-27(36-2)26(19-24)32-30(34)29(21-10-5-3-6-11-21)38-25-15-9-12-22(18-25)31-28(33)20-37-23-13-7-4-8-14-23/h3-19,29H,20H2,1-2H3,(H,31,33)(H,32,34). The van der Waals surface area contributed by atoms with Crippen LogP contribution in [0.5, 0.6) is 17.2 Å². The maximum absolute atomic E-state index is 13.6. The molecule has 0 bridgehead atoms. The lowest BCUT2D eigenvalue weighted by molar-refractivity contribution is -0.118. The van der Waals surface area contributed by atoms with Crippen molar-refractivity contribution in [1.29, 1.82) is 0 Å². The molecular weight excluding hydrogens is 500 g/mol. The van der Waals surface area contributed by atoms with Gasteiger partial charge in [0.1, 0.15) is 22.5 Å². The second kappa shape index (κ2) is 13.2. The first kappa shape index (κ1) is 26.6. The minimum Gasteiger partial charge on any atom is -0.497 e. The number of anilines is 2. The van der Waals surface area contributed by atoms with Crippen LogP contribution in [0.4, 0.5) is 11.4 Å². The monoisotopic (exact) mass is 528 g/mol. The smallest absolute Gasteiger partial charge is 0.262 e. The lowest BCUT2D eigenvalue weighted by Gasteiger charge is -2.19. The number of amides is 2. The highest BCUT2D eigenvalue weighted by molar-refractivity contribution is 8.00. The van der Waals surface area contributed by atoms with E-state index in [0.717, 1.165) is 10.5 Å². The Kier molecular flexibility index (Phi) is 9.26. The highest BCUT2D eigenvalue weighted by atomic mass is 32.2. The lowest BCUT2D eigenvalue weighted by atomic mass is 10.1. The first-order valence-corrected chi connectivity index (χ1v) is 12.8. The predicted molar refractivity (Wildman–Crippen MR) is 150 cm³/mol. The second-order valence-corrected chi connectivity index (χ2v) is 9.32. The number of carbonyl (C=O) groups excluding carboxylic acids is 2. The van der Waals surface area contributed by atoms with E-state index in [9.17, 15) is 9.59 Å². The van der Waals surface area contributed by atoms with Crippen molar-refractivity contribution < 1.29 is 23.8 Å². The summed E-state index contributed by atoms with van der Waals surface area (Å²) in [5.41, 5.74) is 1.96. The minimum atomic E-state index is -0.570. The largest absolute Gasteiger partial charge is 0.497 e. The van der Waals surface area contributed by atoms with E-state index < -0.39 is 5.25 Å². The quantitative estimate of drug-likeness (QED) is 0.226. The van der Waals surface area contributed by atoms with Gasteiger partial charge in [-0.1, -0.05) is 54.6 Å². The number of methoxy groups -OCH3 is 2. The van der Waals surface area contributed by atoms with Crippen LogP contribution in [0.3, 0.4) is 0 Å². The molecule has 0 saturated heterocycles. The Morgan fingerprint density at radius 1 is 0.763 bits per heavy atom. The number of carbonyl (C=O) groups is 2. The molecule has 0 aliphatic carbocycles. The van der Waals surface area contributed by atoms with Crippen LogP contribution in [0.25, 0.3) is 0 Å². The van der Waals surface area contributed by atoms with Crippen LogP contribution in [0.1, 0.15) is 10.8 Å². The molecule has 0 aliphatic heterocycles. The topological polar surface area (TPSA) is 85.9 Å². The van der Waals surface area contributed by atoms with Crippen LogP contribution in [0.15, 0.2) is 108 Å². The van der Waals surface area contributed by atoms with Crippen LogP contribution in [0, 0.1) is 0 Å². The molecule has 0 spiro atoms. The fraction of sp³-hybridized carbons (Fsp3) is 0.133. The van der Waals surface area contributed by atoms with Crippen LogP contribution in [-0.4, -0.2) is 32.6 Å². The van der Waals surface area contributed by atoms with E-state index in [2.05, 4.69) is 10.6 Å². The van der Waals surface area contributed by atoms with Gasteiger partial charge in [-0.05, 0) is 48.0 Å². The predicted octanol–water partition coefficient (Wildman–Crippen LogP) is 6.19. The molecule has 38 heavy (non-hydrogen) atoms. The number of thioether (sulfide) groups is 1. The Morgan fingerprint density at radius 2 is 1.50 bits per heavy atom. The van der Waals surface area contributed by atoms with Gasteiger partial charge in [-0.2, -0.15) is 0 Å². The molecule has 1 unspecified atom stereocenters. The van der Waals surface area contributed by atoms with Crippen molar-refractivity contribution in [2.75, 3.05) is 31.5 Å². The number of benzene rings is 4. The van der Waals surface area contributed by atoms with E-state index in [4.69, 9.17) is 14.2 Å². The van der Waals surface area contributed by atoms with Crippen molar-refractivity contribution in [1.82, 2.24) is 0 Å². The van der Waals surface area contributed by atoms with E-state index in [0.29, 0.717) is 28.6 Å². The first-order chi connectivity index (χ1) is 18.6. The number of hydrogen-bond acceptors (Lipinski definition) is 6. The second-order valence-electron chi connectivity index (χ2n) is 8.14. The zero-order valence-corrected chi connectivity index (χ0v) is 21.9. The Hall–Kier alpha value is -4.43. The van der Waals surface area contributed by atoms with Crippen LogP contribution < -0.4 is 24.8 Å². The fourth-order valence-corrected chi connectivity index (χ4v) is 4.74. The summed E-state index contributed by atoms with van der Waals surface area (Å²) >= 11 is 1.38. The number of ether oxygens (including phenoxy) is 3. The zero-order valence-electron chi connectivity index (χ0n) is 21.0. The molecule has 0 aromatic heterocycles. The summed E-state index contributed by atoms with van der Waals surface area (Å²) in [6.45, 7) is -0.112. The molecule has 8 heteroatoms. The average molecular weight is 529 g/mol. The molecule has 4 aromatic carbocycles. The molecule has 7 nitrogen and oxygen atoms in total. The normalized spacial score (nSPS) is 11.2. The summed E-state index contributed by atoms with van der Waals surface area (Å²) in [4.78, 5) is 26.8. The van der Waals surface area contributed by atoms with Crippen LogP contribution in [-0.2, 0) is 9.59 Å². The van der Waals surface area contributed by atoms with Gasteiger partial charge in [0.25, 0.3) is 5.91 Å². The molecule has 194 valence electrons. The summed E-state index contributed by atoms with van der Waals surface area (Å²) in [7, 11) is 3.11. The third-order valence-electron chi connectivity index (χ3n) is 5.49. The zero-order chi connectivity index (χ0) is 26.7. The van der Waals surface area contributed by atoms with Gasteiger partial charge >= 0.3 is 0 Å². The van der Waals surface area contributed by atoms with Gasteiger partial charge in [0.15, 0.2) is 6.61 Å². The molecule has 2 N–H and O–H groups in total. The van der Waals surface area contributed by atoms with Crippen molar-refractivity contribution in [2.45, 2.75) is 10.1 Å². The van der Waals surface area contributed by atoms with Gasteiger partial charge in [-0.25, -0.2) is 0 Å². The van der Waals surface area contributed by atoms with Crippen molar-refractivity contribution in [3.8, 4) is 17.2 Å². The van der Waals surface area contributed by atoms with Gasteiger partial charge in [0.2, 0.25) is 5.91 Å². The third-order valence-corrected chi connectivity index (χ3v) is 6.74. The maximum atomic E-state index is 13.6. The lowest BCUT2D eigenvalue weighted by Crippen LogP contribution is -2.20. The summed E-state index contributed by atoms with van der Waals surface area (Å²) < 4.78 is 16.3. The van der Waals surface area contributed by atoms with Gasteiger partial charge in [-0.15, -0.1) is 11.8 Å². The number of nitrogens with one attached hydrogen (secondary N) is 2. The van der Waals surface area contributed by atoms with Gasteiger partial charge in [-0.3, -0.25) is 9.59 Å². The molecule has 2 amide bonds. The van der Waals surface area contributed by atoms with E-state index in [1.807, 2.05) is 66.7 Å². The molecule has 1 atom stereocenters. The van der Waals surface area contributed by atoms with Crippen molar-refractivity contribution in [2.24, 2.45) is 0 Å². The van der Waals surface area contributed by atoms with Crippen LogP contribution in [0.2, 0.25) is 0 Å².